The second-order valence-electron chi connectivity index (χ2n) is 6.39. The van der Waals surface area contributed by atoms with E-state index in [-0.39, 0.29) is 12.4 Å². The van der Waals surface area contributed by atoms with Crippen molar-refractivity contribution in [1.29, 1.82) is 0 Å². The van der Waals surface area contributed by atoms with Crippen molar-refractivity contribution in [2.45, 2.75) is 13.8 Å². The molecule has 4 rings (SSSR count). The number of carbonyl (C=O) groups is 1. The second-order valence-corrected chi connectivity index (χ2v) is 7.26. The molecule has 0 unspecified atom stereocenters. The molecular weight excluding hydrogens is 386 g/mol. The molecule has 0 atom stereocenters. The minimum Gasteiger partial charge on any atom is -0.485 e. The number of aromatic nitrogens is 3. The van der Waals surface area contributed by atoms with Crippen molar-refractivity contribution >= 4 is 17.1 Å². The summed E-state index contributed by atoms with van der Waals surface area (Å²) in [6, 6.07) is 14.4. The standard InChI is InChI=1S/C22H19N3O3S/c1-15-13-19(16(2)25(15)22-24-11-12-29-22)20(26)14-27-17-6-8-18(9-7-17)28-21-5-3-4-10-23-21/h3-13H,14H2,1-2H3. The molecule has 0 aliphatic heterocycles. The first-order valence-corrected chi connectivity index (χ1v) is 9.93. The molecule has 0 aliphatic carbocycles. The molecule has 0 N–H and O–H groups in total. The summed E-state index contributed by atoms with van der Waals surface area (Å²) in [4.78, 5) is 21.2. The van der Waals surface area contributed by atoms with E-state index >= 15 is 0 Å². The van der Waals surface area contributed by atoms with Gasteiger partial charge in [0.25, 0.3) is 0 Å². The molecule has 6 nitrogen and oxygen atoms in total. The van der Waals surface area contributed by atoms with Gasteiger partial charge in [-0.3, -0.25) is 9.36 Å². The van der Waals surface area contributed by atoms with Gasteiger partial charge in [-0.25, -0.2) is 9.97 Å². The molecule has 3 heterocycles. The number of hydrogen-bond donors (Lipinski definition) is 0. The van der Waals surface area contributed by atoms with Gasteiger partial charge in [-0.15, -0.1) is 11.3 Å². The number of Topliss-reactive ketones (excluding diaryl/α,β-unsaturated/α-hetero) is 1. The Hall–Kier alpha value is -3.45. The van der Waals surface area contributed by atoms with E-state index in [4.69, 9.17) is 9.47 Å². The molecule has 0 bridgehead atoms. The lowest BCUT2D eigenvalue weighted by Gasteiger charge is -2.08. The molecular formula is C22H19N3O3S. The van der Waals surface area contributed by atoms with Crippen LogP contribution < -0.4 is 9.47 Å². The van der Waals surface area contributed by atoms with Gasteiger partial charge < -0.3 is 9.47 Å². The minimum atomic E-state index is -0.0743. The van der Waals surface area contributed by atoms with Crippen molar-refractivity contribution in [2.75, 3.05) is 6.61 Å². The number of rotatable bonds is 7. The largest absolute Gasteiger partial charge is 0.485 e. The molecule has 3 aromatic heterocycles. The van der Waals surface area contributed by atoms with Gasteiger partial charge in [0, 0.05) is 40.8 Å². The molecule has 0 amide bonds. The molecule has 1 aromatic carbocycles. The molecule has 0 saturated carbocycles. The smallest absolute Gasteiger partial charge is 0.219 e. The molecule has 146 valence electrons. The summed E-state index contributed by atoms with van der Waals surface area (Å²) in [6.07, 6.45) is 3.43. The van der Waals surface area contributed by atoms with Gasteiger partial charge in [0.15, 0.2) is 11.7 Å². The van der Waals surface area contributed by atoms with E-state index in [1.54, 1.807) is 42.7 Å². The van der Waals surface area contributed by atoms with Gasteiger partial charge in [-0.05, 0) is 50.2 Å². The summed E-state index contributed by atoms with van der Waals surface area (Å²) < 4.78 is 13.3. The Morgan fingerprint density at radius 1 is 1.03 bits per heavy atom. The molecule has 0 fully saturated rings. The lowest BCUT2D eigenvalue weighted by molar-refractivity contribution is 0.0921. The van der Waals surface area contributed by atoms with Crippen LogP contribution in [0.2, 0.25) is 0 Å². The molecule has 29 heavy (non-hydrogen) atoms. The van der Waals surface area contributed by atoms with Gasteiger partial charge in [-0.2, -0.15) is 0 Å². The summed E-state index contributed by atoms with van der Waals surface area (Å²) in [6.45, 7) is 3.85. The van der Waals surface area contributed by atoms with E-state index in [2.05, 4.69) is 9.97 Å². The highest BCUT2D eigenvalue weighted by atomic mass is 32.1. The Morgan fingerprint density at radius 2 is 1.83 bits per heavy atom. The summed E-state index contributed by atoms with van der Waals surface area (Å²) in [5.74, 6) is 1.69. The molecule has 0 radical (unpaired) electrons. The molecule has 0 aliphatic rings. The third-order valence-electron chi connectivity index (χ3n) is 4.40. The van der Waals surface area contributed by atoms with E-state index in [9.17, 15) is 4.79 Å². The topological polar surface area (TPSA) is 66.2 Å². The highest BCUT2D eigenvalue weighted by Gasteiger charge is 2.18. The Kier molecular flexibility index (Phi) is 5.39. The van der Waals surface area contributed by atoms with Crippen LogP contribution in [0.15, 0.2) is 66.3 Å². The monoisotopic (exact) mass is 405 g/mol. The van der Waals surface area contributed by atoms with Crippen molar-refractivity contribution in [3.8, 4) is 22.5 Å². The van der Waals surface area contributed by atoms with Gasteiger partial charge >= 0.3 is 0 Å². The molecule has 0 saturated heterocycles. The average Bonchev–Trinajstić information content (AvgIpc) is 3.35. The zero-order valence-electron chi connectivity index (χ0n) is 16.0. The summed E-state index contributed by atoms with van der Waals surface area (Å²) in [7, 11) is 0. The number of hydrogen-bond acceptors (Lipinski definition) is 6. The number of thiazole rings is 1. The predicted molar refractivity (Wildman–Crippen MR) is 111 cm³/mol. The van der Waals surface area contributed by atoms with Crippen LogP contribution in [-0.2, 0) is 0 Å². The van der Waals surface area contributed by atoms with Crippen molar-refractivity contribution in [2.24, 2.45) is 0 Å². The van der Waals surface area contributed by atoms with Crippen LogP contribution in [0.5, 0.6) is 17.4 Å². The maximum Gasteiger partial charge on any atom is 0.219 e. The predicted octanol–water partition coefficient (Wildman–Crippen LogP) is 5.00. The summed E-state index contributed by atoms with van der Waals surface area (Å²) in [5.41, 5.74) is 2.48. The number of nitrogens with zero attached hydrogens (tertiary/aromatic N) is 3. The lowest BCUT2D eigenvalue weighted by atomic mass is 10.1. The SMILES string of the molecule is Cc1cc(C(=O)COc2ccc(Oc3ccccn3)cc2)c(C)n1-c1nccs1. The number of ether oxygens (including phenoxy) is 2. The van der Waals surface area contributed by atoms with Crippen LogP contribution in [-0.4, -0.2) is 26.9 Å². The molecule has 0 spiro atoms. The van der Waals surface area contributed by atoms with Crippen LogP contribution in [0.4, 0.5) is 0 Å². The quantitative estimate of drug-likeness (QED) is 0.405. The first kappa shape index (κ1) is 18.9. The number of benzene rings is 1. The van der Waals surface area contributed by atoms with Crippen LogP contribution in [0.25, 0.3) is 5.13 Å². The van der Waals surface area contributed by atoms with E-state index < -0.39 is 0 Å². The first-order valence-electron chi connectivity index (χ1n) is 9.05. The highest BCUT2D eigenvalue weighted by molar-refractivity contribution is 7.12. The van der Waals surface area contributed by atoms with E-state index in [0.29, 0.717) is 22.9 Å². The van der Waals surface area contributed by atoms with E-state index in [1.165, 1.54) is 11.3 Å². The van der Waals surface area contributed by atoms with E-state index in [1.807, 2.05) is 42.0 Å². The Balaban J connectivity index is 1.40. The first-order chi connectivity index (χ1) is 14.1. The van der Waals surface area contributed by atoms with Gasteiger partial charge in [0.2, 0.25) is 11.7 Å². The van der Waals surface area contributed by atoms with Crippen LogP contribution in [0.3, 0.4) is 0 Å². The van der Waals surface area contributed by atoms with Gasteiger partial charge in [0.05, 0.1) is 0 Å². The van der Waals surface area contributed by atoms with Crippen LogP contribution in [0.1, 0.15) is 21.7 Å². The minimum absolute atomic E-state index is 0.0391. The maximum atomic E-state index is 12.7. The lowest BCUT2D eigenvalue weighted by Crippen LogP contribution is -2.12. The number of carbonyl (C=O) groups excluding carboxylic acids is 1. The third kappa shape index (κ3) is 4.20. The Labute approximate surface area is 172 Å². The van der Waals surface area contributed by atoms with Crippen molar-refractivity contribution in [3.05, 3.63) is 83.3 Å². The second kappa shape index (κ2) is 8.28. The third-order valence-corrected chi connectivity index (χ3v) is 5.15. The van der Waals surface area contributed by atoms with E-state index in [0.717, 1.165) is 16.5 Å². The fraction of sp³-hybridized carbons (Fsp3) is 0.136. The molecule has 7 heteroatoms. The fourth-order valence-electron chi connectivity index (χ4n) is 3.02. The van der Waals surface area contributed by atoms with Gasteiger partial charge in [0.1, 0.15) is 11.5 Å². The van der Waals surface area contributed by atoms with Crippen molar-refractivity contribution in [1.82, 2.24) is 14.5 Å². The number of pyridine rings is 1. The fourth-order valence-corrected chi connectivity index (χ4v) is 3.78. The summed E-state index contributed by atoms with van der Waals surface area (Å²) >= 11 is 1.53. The van der Waals surface area contributed by atoms with Gasteiger partial charge in [-0.1, -0.05) is 6.07 Å². The number of ketones is 1. The normalized spacial score (nSPS) is 10.7. The van der Waals surface area contributed by atoms with Crippen LogP contribution >= 0.6 is 11.3 Å². The zero-order valence-corrected chi connectivity index (χ0v) is 16.8. The Morgan fingerprint density at radius 3 is 2.52 bits per heavy atom. The van der Waals surface area contributed by atoms with Crippen LogP contribution in [0, 0.1) is 13.8 Å². The Bertz CT molecular complexity index is 1100. The number of aryl methyl sites for hydroxylation is 1. The maximum absolute atomic E-state index is 12.7. The summed E-state index contributed by atoms with van der Waals surface area (Å²) in [5, 5.41) is 2.77. The highest BCUT2D eigenvalue weighted by Crippen LogP contribution is 2.24. The average molecular weight is 405 g/mol. The zero-order chi connectivity index (χ0) is 20.2. The molecule has 4 aromatic rings. The van der Waals surface area contributed by atoms with Crippen molar-refractivity contribution in [3.63, 3.8) is 0 Å². The van der Waals surface area contributed by atoms with Crippen molar-refractivity contribution < 1.29 is 14.3 Å².